The van der Waals surface area contributed by atoms with E-state index in [2.05, 4.69) is 6.58 Å². The quantitative estimate of drug-likeness (QED) is 0.677. The lowest BCUT2D eigenvalue weighted by Gasteiger charge is -2.25. The second-order valence-corrected chi connectivity index (χ2v) is 6.75. The van der Waals surface area contributed by atoms with Crippen LogP contribution in [-0.4, -0.2) is 42.8 Å². The van der Waals surface area contributed by atoms with Crippen molar-refractivity contribution in [2.45, 2.75) is 25.0 Å². The largest absolute Gasteiger partial charge is 0.395 e. The molecule has 4 nitrogen and oxygen atoms in total. The summed E-state index contributed by atoms with van der Waals surface area (Å²) >= 11 is 0. The summed E-state index contributed by atoms with van der Waals surface area (Å²) in [6.07, 6.45) is 0.645. The number of aliphatic hydroxyl groups is 2. The molecule has 1 unspecified atom stereocenters. The molecule has 0 spiro atoms. The van der Waals surface area contributed by atoms with Crippen molar-refractivity contribution in [3.8, 4) is 0 Å². The summed E-state index contributed by atoms with van der Waals surface area (Å²) in [5, 5.41) is 18.0. The van der Waals surface area contributed by atoms with Crippen LogP contribution in [0.3, 0.4) is 0 Å². The van der Waals surface area contributed by atoms with E-state index in [1.165, 1.54) is 0 Å². The van der Waals surface area contributed by atoms with Gasteiger partial charge in [-0.15, -0.1) is 0 Å². The smallest absolute Gasteiger partial charge is 0.153 e. The standard InChI is InChI=1S/C10H18O4S/c1-3-15(13,14)9-4-8(2)10(5-9,6-11)7-12/h9,11-12H,2-7H2,1H3. The van der Waals surface area contributed by atoms with Crippen LogP contribution < -0.4 is 0 Å². The van der Waals surface area contributed by atoms with Crippen molar-refractivity contribution in [3.63, 3.8) is 0 Å². The third-order valence-corrected chi connectivity index (χ3v) is 5.51. The summed E-state index contributed by atoms with van der Waals surface area (Å²) in [5.41, 5.74) is -0.151. The molecule has 5 heteroatoms. The Morgan fingerprint density at radius 3 is 2.33 bits per heavy atom. The highest BCUT2D eigenvalue weighted by Crippen LogP contribution is 2.44. The van der Waals surface area contributed by atoms with Crippen LogP contribution in [0, 0.1) is 5.41 Å². The highest BCUT2D eigenvalue weighted by molar-refractivity contribution is 7.92. The first-order valence-electron chi connectivity index (χ1n) is 5.03. The maximum absolute atomic E-state index is 11.7. The fraction of sp³-hybridized carbons (Fsp3) is 0.800. The molecule has 1 fully saturated rings. The minimum atomic E-state index is -3.11. The van der Waals surface area contributed by atoms with Crippen LogP contribution >= 0.6 is 0 Å². The molecule has 0 bridgehead atoms. The first-order valence-corrected chi connectivity index (χ1v) is 6.75. The van der Waals surface area contributed by atoms with Crippen LogP contribution in [0.1, 0.15) is 19.8 Å². The zero-order valence-electron chi connectivity index (χ0n) is 8.94. The number of hydrogen-bond acceptors (Lipinski definition) is 4. The molecule has 1 aliphatic carbocycles. The highest BCUT2D eigenvalue weighted by Gasteiger charge is 2.45. The highest BCUT2D eigenvalue weighted by atomic mass is 32.2. The Morgan fingerprint density at radius 2 is 2.00 bits per heavy atom. The Balaban J connectivity index is 2.94. The van der Waals surface area contributed by atoms with Crippen molar-refractivity contribution in [1.29, 1.82) is 0 Å². The van der Waals surface area contributed by atoms with Gasteiger partial charge in [-0.3, -0.25) is 0 Å². The van der Waals surface area contributed by atoms with Gasteiger partial charge in [-0.25, -0.2) is 8.42 Å². The van der Waals surface area contributed by atoms with E-state index in [1.54, 1.807) is 6.92 Å². The second kappa shape index (κ2) is 4.23. The second-order valence-electron chi connectivity index (χ2n) is 4.18. The molecule has 0 aliphatic heterocycles. The molecule has 1 saturated carbocycles. The molecule has 0 heterocycles. The molecule has 15 heavy (non-hydrogen) atoms. The van der Waals surface area contributed by atoms with Gasteiger partial charge < -0.3 is 10.2 Å². The van der Waals surface area contributed by atoms with Crippen molar-refractivity contribution in [3.05, 3.63) is 12.2 Å². The molecule has 1 atom stereocenters. The zero-order valence-corrected chi connectivity index (χ0v) is 9.76. The van der Waals surface area contributed by atoms with E-state index in [0.29, 0.717) is 12.0 Å². The van der Waals surface area contributed by atoms with Crippen LogP contribution in [0.25, 0.3) is 0 Å². The van der Waals surface area contributed by atoms with Gasteiger partial charge in [0.25, 0.3) is 0 Å². The third-order valence-electron chi connectivity index (χ3n) is 3.36. The molecule has 0 aromatic heterocycles. The summed E-state index contributed by atoms with van der Waals surface area (Å²) in [6.45, 7) is 4.89. The first kappa shape index (κ1) is 12.7. The molecule has 88 valence electrons. The van der Waals surface area contributed by atoms with E-state index < -0.39 is 20.5 Å². The van der Waals surface area contributed by atoms with Crippen LogP contribution in [0.4, 0.5) is 0 Å². The van der Waals surface area contributed by atoms with Crippen molar-refractivity contribution in [1.82, 2.24) is 0 Å². The molecule has 0 aromatic rings. The lowest BCUT2D eigenvalue weighted by atomic mass is 9.85. The summed E-state index contributed by atoms with van der Waals surface area (Å²) in [5.74, 6) is 0.0951. The maximum atomic E-state index is 11.7. The summed E-state index contributed by atoms with van der Waals surface area (Å²) in [6, 6.07) is 0. The van der Waals surface area contributed by atoms with Gasteiger partial charge in [0.15, 0.2) is 9.84 Å². The van der Waals surface area contributed by atoms with Gasteiger partial charge in [-0.2, -0.15) is 0 Å². The van der Waals surface area contributed by atoms with Crippen LogP contribution in [0.2, 0.25) is 0 Å². The van der Waals surface area contributed by atoms with Gasteiger partial charge in [0, 0.05) is 11.2 Å². The van der Waals surface area contributed by atoms with E-state index in [0.717, 1.165) is 0 Å². The number of hydrogen-bond donors (Lipinski definition) is 2. The number of aliphatic hydroxyl groups excluding tert-OH is 2. The minimum absolute atomic E-state index is 0.0951. The van der Waals surface area contributed by atoms with E-state index in [4.69, 9.17) is 0 Å². The van der Waals surface area contributed by atoms with Gasteiger partial charge >= 0.3 is 0 Å². The molecule has 0 aromatic carbocycles. The lowest BCUT2D eigenvalue weighted by Crippen LogP contribution is -2.30. The SMILES string of the molecule is C=C1CC(S(=O)(=O)CC)CC1(CO)CO. The molecule has 1 rings (SSSR count). The average molecular weight is 234 g/mol. The topological polar surface area (TPSA) is 74.6 Å². The number of sulfone groups is 1. The summed E-state index contributed by atoms with van der Waals surface area (Å²) in [7, 11) is -3.11. The van der Waals surface area contributed by atoms with E-state index in [1.807, 2.05) is 0 Å². The molecule has 0 amide bonds. The van der Waals surface area contributed by atoms with Crippen LogP contribution in [0.15, 0.2) is 12.2 Å². The molecular weight excluding hydrogens is 216 g/mol. The van der Waals surface area contributed by atoms with Crippen LogP contribution in [0.5, 0.6) is 0 Å². The van der Waals surface area contributed by atoms with Crippen LogP contribution in [-0.2, 0) is 9.84 Å². The van der Waals surface area contributed by atoms with Gasteiger partial charge in [0.1, 0.15) is 0 Å². The Bertz CT molecular complexity index is 340. The number of rotatable bonds is 4. The molecule has 0 radical (unpaired) electrons. The maximum Gasteiger partial charge on any atom is 0.153 e. The Morgan fingerprint density at radius 1 is 1.47 bits per heavy atom. The fourth-order valence-corrected chi connectivity index (χ4v) is 3.54. The van der Waals surface area contributed by atoms with Gasteiger partial charge in [0.05, 0.1) is 18.5 Å². The van der Waals surface area contributed by atoms with Gasteiger partial charge in [-0.05, 0) is 12.8 Å². The predicted molar refractivity (Wildman–Crippen MR) is 58.2 cm³/mol. The average Bonchev–Trinajstić information content (AvgIpc) is 2.57. The molecule has 0 saturated heterocycles. The summed E-state index contributed by atoms with van der Waals surface area (Å²) < 4.78 is 23.3. The normalized spacial score (nSPS) is 25.8. The third kappa shape index (κ3) is 2.09. The minimum Gasteiger partial charge on any atom is -0.395 e. The zero-order chi connectivity index (χ0) is 11.7. The monoisotopic (exact) mass is 234 g/mol. The molecular formula is C10H18O4S. The Kier molecular flexibility index (Phi) is 3.58. The van der Waals surface area contributed by atoms with Gasteiger partial charge in [0.2, 0.25) is 0 Å². The van der Waals surface area contributed by atoms with Gasteiger partial charge in [-0.1, -0.05) is 19.1 Å². The van der Waals surface area contributed by atoms with E-state index in [9.17, 15) is 18.6 Å². The van der Waals surface area contributed by atoms with Crippen molar-refractivity contribution < 1.29 is 18.6 Å². The Hall–Kier alpha value is -0.390. The lowest BCUT2D eigenvalue weighted by molar-refractivity contribution is 0.0898. The predicted octanol–water partition coefficient (Wildman–Crippen LogP) is 0.111. The van der Waals surface area contributed by atoms with Crippen molar-refractivity contribution in [2.24, 2.45) is 5.41 Å². The molecule has 1 aliphatic rings. The van der Waals surface area contributed by atoms with Crippen molar-refractivity contribution in [2.75, 3.05) is 19.0 Å². The molecule has 2 N–H and O–H groups in total. The van der Waals surface area contributed by atoms with E-state index in [-0.39, 0.29) is 25.4 Å². The van der Waals surface area contributed by atoms with Crippen molar-refractivity contribution >= 4 is 9.84 Å². The van der Waals surface area contributed by atoms with E-state index >= 15 is 0 Å². The first-order chi connectivity index (χ1) is 6.91. The fourth-order valence-electron chi connectivity index (χ4n) is 2.04. The Labute approximate surface area is 90.5 Å². The summed E-state index contributed by atoms with van der Waals surface area (Å²) in [4.78, 5) is 0.